The lowest BCUT2D eigenvalue weighted by Gasteiger charge is -2.09. The SMILES string of the molecule is C#CCn1c(C)c(C)c2ccnc(Oc3ccc(F)cc3)c21. The maximum absolute atomic E-state index is 13.0. The van der Waals surface area contributed by atoms with Gasteiger partial charge in [-0.05, 0) is 49.7 Å². The molecule has 4 heteroatoms. The van der Waals surface area contributed by atoms with Gasteiger partial charge in [-0.3, -0.25) is 0 Å². The van der Waals surface area contributed by atoms with Crippen molar-refractivity contribution in [3.8, 4) is 24.0 Å². The van der Waals surface area contributed by atoms with Crippen LogP contribution in [-0.2, 0) is 6.54 Å². The highest BCUT2D eigenvalue weighted by atomic mass is 19.1. The molecular formula is C18H15FN2O. The Morgan fingerprint density at radius 3 is 2.64 bits per heavy atom. The van der Waals surface area contributed by atoms with E-state index in [9.17, 15) is 4.39 Å². The third-order valence-corrected chi connectivity index (χ3v) is 3.79. The smallest absolute Gasteiger partial charge is 0.244 e. The zero-order valence-corrected chi connectivity index (χ0v) is 12.4. The van der Waals surface area contributed by atoms with Crippen molar-refractivity contribution in [3.05, 3.63) is 53.6 Å². The van der Waals surface area contributed by atoms with E-state index < -0.39 is 0 Å². The maximum Gasteiger partial charge on any atom is 0.244 e. The summed E-state index contributed by atoms with van der Waals surface area (Å²) in [5.74, 6) is 3.35. The first-order chi connectivity index (χ1) is 10.6. The number of hydrogen-bond donors (Lipinski definition) is 0. The molecule has 0 atom stereocenters. The number of rotatable bonds is 3. The standard InChI is InChI=1S/C18H15FN2O/c1-4-11-21-13(3)12(2)16-9-10-20-18(17(16)21)22-15-7-5-14(19)6-8-15/h1,5-10H,11H2,2-3H3. The molecule has 0 aliphatic carbocycles. The van der Waals surface area contributed by atoms with E-state index in [4.69, 9.17) is 11.2 Å². The number of hydrogen-bond acceptors (Lipinski definition) is 2. The molecule has 110 valence electrons. The number of aromatic nitrogens is 2. The topological polar surface area (TPSA) is 27.1 Å². The molecule has 22 heavy (non-hydrogen) atoms. The minimum atomic E-state index is -0.305. The predicted molar refractivity (Wildman–Crippen MR) is 84.5 cm³/mol. The molecule has 0 saturated carbocycles. The second kappa shape index (κ2) is 5.53. The molecule has 0 aliphatic rings. The number of halogens is 1. The Morgan fingerprint density at radius 2 is 1.95 bits per heavy atom. The number of benzene rings is 1. The molecule has 3 aromatic rings. The zero-order valence-electron chi connectivity index (χ0n) is 12.4. The molecule has 0 bridgehead atoms. The fourth-order valence-electron chi connectivity index (χ4n) is 2.54. The lowest BCUT2D eigenvalue weighted by atomic mass is 10.2. The van der Waals surface area contributed by atoms with E-state index in [1.54, 1.807) is 18.3 Å². The summed E-state index contributed by atoms with van der Waals surface area (Å²) in [7, 11) is 0. The van der Waals surface area contributed by atoms with Crippen molar-refractivity contribution in [2.24, 2.45) is 0 Å². The van der Waals surface area contributed by atoms with E-state index in [0.717, 1.165) is 22.2 Å². The molecule has 0 radical (unpaired) electrons. The number of terminal acetylenes is 1. The zero-order chi connectivity index (χ0) is 15.7. The van der Waals surface area contributed by atoms with E-state index in [1.807, 2.05) is 24.5 Å². The molecule has 3 rings (SSSR count). The molecule has 0 amide bonds. The fourth-order valence-corrected chi connectivity index (χ4v) is 2.54. The second-order valence-electron chi connectivity index (χ2n) is 5.07. The first-order valence-corrected chi connectivity index (χ1v) is 6.93. The molecule has 2 aromatic heterocycles. The summed E-state index contributed by atoms with van der Waals surface area (Å²) in [6.45, 7) is 4.52. The minimum absolute atomic E-state index is 0.305. The van der Waals surface area contributed by atoms with Crippen molar-refractivity contribution in [3.63, 3.8) is 0 Å². The Morgan fingerprint density at radius 1 is 1.23 bits per heavy atom. The van der Waals surface area contributed by atoms with Crippen LogP contribution in [0.4, 0.5) is 4.39 Å². The second-order valence-corrected chi connectivity index (χ2v) is 5.07. The minimum Gasteiger partial charge on any atom is -0.437 e. The average Bonchev–Trinajstić information content (AvgIpc) is 2.76. The Kier molecular flexibility index (Phi) is 3.56. The highest BCUT2D eigenvalue weighted by molar-refractivity contribution is 5.89. The molecule has 1 aromatic carbocycles. The van der Waals surface area contributed by atoms with Crippen LogP contribution in [0.5, 0.6) is 11.6 Å². The van der Waals surface area contributed by atoms with Crippen LogP contribution in [0.25, 0.3) is 10.9 Å². The van der Waals surface area contributed by atoms with Gasteiger partial charge in [-0.2, -0.15) is 0 Å². The summed E-state index contributed by atoms with van der Waals surface area (Å²) in [6.07, 6.45) is 7.18. The van der Waals surface area contributed by atoms with E-state index >= 15 is 0 Å². The first kappa shape index (κ1) is 14.2. The van der Waals surface area contributed by atoms with Gasteiger partial charge in [-0.15, -0.1) is 6.42 Å². The molecule has 0 spiro atoms. The van der Waals surface area contributed by atoms with Crippen molar-refractivity contribution < 1.29 is 9.13 Å². The Bertz CT molecular complexity index is 873. The van der Waals surface area contributed by atoms with Crippen LogP contribution in [0, 0.1) is 32.0 Å². The van der Waals surface area contributed by atoms with Crippen molar-refractivity contribution >= 4 is 10.9 Å². The van der Waals surface area contributed by atoms with E-state index in [-0.39, 0.29) is 5.82 Å². The van der Waals surface area contributed by atoms with Crippen molar-refractivity contribution in [2.45, 2.75) is 20.4 Å². The van der Waals surface area contributed by atoms with E-state index in [0.29, 0.717) is 18.2 Å². The van der Waals surface area contributed by atoms with Gasteiger partial charge in [0.05, 0.1) is 6.54 Å². The molecular weight excluding hydrogens is 279 g/mol. The van der Waals surface area contributed by atoms with Crippen LogP contribution < -0.4 is 4.74 Å². The first-order valence-electron chi connectivity index (χ1n) is 6.93. The van der Waals surface area contributed by atoms with Crippen LogP contribution in [0.1, 0.15) is 11.3 Å². The summed E-state index contributed by atoms with van der Waals surface area (Å²) in [6, 6.07) is 7.80. The number of ether oxygens (including phenoxy) is 1. The number of pyridine rings is 1. The lowest BCUT2D eigenvalue weighted by Crippen LogP contribution is -2.00. The number of fused-ring (bicyclic) bond motifs is 1. The molecule has 0 unspecified atom stereocenters. The summed E-state index contributed by atoms with van der Waals surface area (Å²) >= 11 is 0. The number of aryl methyl sites for hydroxylation is 1. The van der Waals surface area contributed by atoms with Crippen LogP contribution in [0.2, 0.25) is 0 Å². The Hall–Kier alpha value is -2.80. The summed E-state index contributed by atoms with van der Waals surface area (Å²) in [5, 5.41) is 1.06. The number of nitrogens with zero attached hydrogens (tertiary/aromatic N) is 2. The Balaban J connectivity index is 2.15. The van der Waals surface area contributed by atoms with E-state index in [1.165, 1.54) is 12.1 Å². The van der Waals surface area contributed by atoms with Gasteiger partial charge in [0.25, 0.3) is 0 Å². The van der Waals surface area contributed by atoms with Crippen LogP contribution >= 0.6 is 0 Å². The van der Waals surface area contributed by atoms with Gasteiger partial charge in [-0.1, -0.05) is 5.92 Å². The van der Waals surface area contributed by atoms with Crippen molar-refractivity contribution in [1.29, 1.82) is 0 Å². The van der Waals surface area contributed by atoms with Crippen molar-refractivity contribution in [2.75, 3.05) is 0 Å². The van der Waals surface area contributed by atoms with Gasteiger partial charge in [0.1, 0.15) is 17.1 Å². The third kappa shape index (κ3) is 2.31. The van der Waals surface area contributed by atoms with E-state index in [2.05, 4.69) is 10.9 Å². The van der Waals surface area contributed by atoms with Gasteiger partial charge in [0.15, 0.2) is 0 Å². The van der Waals surface area contributed by atoms with Gasteiger partial charge < -0.3 is 9.30 Å². The summed E-state index contributed by atoms with van der Waals surface area (Å²) in [5.41, 5.74) is 3.10. The van der Waals surface area contributed by atoms with Gasteiger partial charge in [-0.25, -0.2) is 9.37 Å². The fraction of sp³-hybridized carbons (Fsp3) is 0.167. The van der Waals surface area contributed by atoms with Crippen LogP contribution in [-0.4, -0.2) is 9.55 Å². The highest BCUT2D eigenvalue weighted by Crippen LogP contribution is 2.33. The van der Waals surface area contributed by atoms with Gasteiger partial charge in [0, 0.05) is 17.3 Å². The molecule has 3 nitrogen and oxygen atoms in total. The molecule has 0 saturated heterocycles. The van der Waals surface area contributed by atoms with Gasteiger partial charge in [0.2, 0.25) is 5.88 Å². The van der Waals surface area contributed by atoms with Gasteiger partial charge >= 0.3 is 0 Å². The maximum atomic E-state index is 13.0. The predicted octanol–water partition coefficient (Wildman–Crippen LogP) is 4.22. The van der Waals surface area contributed by atoms with Crippen molar-refractivity contribution in [1.82, 2.24) is 9.55 Å². The average molecular weight is 294 g/mol. The summed E-state index contributed by atoms with van der Waals surface area (Å²) < 4.78 is 20.8. The van der Waals surface area contributed by atoms with Crippen LogP contribution in [0.15, 0.2) is 36.5 Å². The molecule has 0 fully saturated rings. The monoisotopic (exact) mass is 294 g/mol. The highest BCUT2D eigenvalue weighted by Gasteiger charge is 2.16. The van der Waals surface area contributed by atoms with Crippen LogP contribution in [0.3, 0.4) is 0 Å². The third-order valence-electron chi connectivity index (χ3n) is 3.79. The lowest BCUT2D eigenvalue weighted by molar-refractivity contribution is 0.464. The Labute approximate surface area is 128 Å². The molecule has 0 N–H and O–H groups in total. The molecule has 2 heterocycles. The summed E-state index contributed by atoms with van der Waals surface area (Å²) in [4.78, 5) is 4.32. The largest absolute Gasteiger partial charge is 0.437 e. The normalized spacial score (nSPS) is 10.6. The molecule has 0 aliphatic heterocycles. The quantitative estimate of drug-likeness (QED) is 0.676.